The minimum absolute atomic E-state index is 0.0463. The van der Waals surface area contributed by atoms with Crippen LogP contribution in [0.4, 0.5) is 0 Å². The second kappa shape index (κ2) is 11.3. The van der Waals surface area contributed by atoms with Gasteiger partial charge in [-0.15, -0.1) is 23.2 Å². The molecule has 0 aromatic heterocycles. The largest absolute Gasteiger partial charge is 0.481 e. The first-order valence-electron chi connectivity index (χ1n) is 10.7. The standard InChI is InChI=1S/C21H33Cl2N3O4/c1-11(24)18(19(25)30-15-8-9-16(22)17(23)10-15)20(27)26-12(2)13-4-3-5-14(7-6-13)21(28)29/h12-18,24-25H,3-10H2,1-2H3,(H,26,27)(H,28,29). The van der Waals surface area contributed by atoms with Gasteiger partial charge in [0.05, 0.1) is 16.7 Å². The highest BCUT2D eigenvalue weighted by atomic mass is 35.5. The third-order valence-electron chi connectivity index (χ3n) is 6.34. The fourth-order valence-corrected chi connectivity index (χ4v) is 4.97. The maximum Gasteiger partial charge on any atom is 0.306 e. The van der Waals surface area contributed by atoms with Crippen LogP contribution in [0, 0.1) is 28.6 Å². The number of ether oxygens (including phenoxy) is 1. The SMILES string of the molecule is CC(=N)C(C(=N)OC1CCC(Cl)C(Cl)C1)C(=O)NC(C)C1CCCC(C(=O)O)CC1. The number of alkyl halides is 2. The third kappa shape index (κ3) is 6.84. The number of carbonyl (C=O) groups excluding carboxylic acids is 1. The predicted molar refractivity (Wildman–Crippen MR) is 118 cm³/mol. The summed E-state index contributed by atoms with van der Waals surface area (Å²) in [4.78, 5) is 24.1. The summed E-state index contributed by atoms with van der Waals surface area (Å²) in [6.45, 7) is 3.40. The van der Waals surface area contributed by atoms with Gasteiger partial charge in [-0.3, -0.25) is 15.0 Å². The molecule has 0 aromatic carbocycles. The van der Waals surface area contributed by atoms with Crippen LogP contribution >= 0.6 is 23.2 Å². The van der Waals surface area contributed by atoms with Crippen molar-refractivity contribution in [3.05, 3.63) is 0 Å². The molecular formula is C21H33Cl2N3O4. The molecule has 0 aromatic rings. The molecule has 170 valence electrons. The topological polar surface area (TPSA) is 123 Å². The first-order chi connectivity index (χ1) is 14.1. The summed E-state index contributed by atoms with van der Waals surface area (Å²) in [7, 11) is 0. The molecule has 0 heterocycles. The van der Waals surface area contributed by atoms with Crippen LogP contribution in [-0.2, 0) is 14.3 Å². The molecular weight excluding hydrogens is 429 g/mol. The Morgan fingerprint density at radius 1 is 1.07 bits per heavy atom. The molecule has 0 bridgehead atoms. The Bertz CT molecular complexity index is 660. The van der Waals surface area contributed by atoms with Crippen LogP contribution in [-0.4, -0.2) is 51.5 Å². The van der Waals surface area contributed by atoms with Crippen molar-refractivity contribution in [1.82, 2.24) is 5.32 Å². The Hall–Kier alpha value is -1.34. The molecule has 2 rings (SSSR count). The van der Waals surface area contributed by atoms with Crippen molar-refractivity contribution in [2.75, 3.05) is 0 Å². The van der Waals surface area contributed by atoms with Gasteiger partial charge in [0.25, 0.3) is 0 Å². The molecule has 9 heteroatoms. The van der Waals surface area contributed by atoms with E-state index >= 15 is 0 Å². The Kier molecular flexibility index (Phi) is 9.41. The highest BCUT2D eigenvalue weighted by molar-refractivity contribution is 6.30. The molecule has 1 amide bonds. The number of carbonyl (C=O) groups is 2. The Labute approximate surface area is 188 Å². The fraction of sp³-hybridized carbons (Fsp3) is 0.810. The van der Waals surface area contributed by atoms with Gasteiger partial charge in [-0.25, -0.2) is 0 Å². The smallest absolute Gasteiger partial charge is 0.306 e. The molecule has 2 saturated carbocycles. The monoisotopic (exact) mass is 461 g/mol. The maximum atomic E-state index is 12.9. The van der Waals surface area contributed by atoms with Crippen LogP contribution in [0.25, 0.3) is 0 Å². The number of carboxylic acids is 1. The Balaban J connectivity index is 1.93. The summed E-state index contributed by atoms with van der Waals surface area (Å²) in [5.41, 5.74) is 0.0463. The van der Waals surface area contributed by atoms with Gasteiger partial charge in [-0.1, -0.05) is 6.42 Å². The van der Waals surface area contributed by atoms with Gasteiger partial charge in [-0.2, -0.15) is 0 Å². The molecule has 2 aliphatic rings. The maximum absolute atomic E-state index is 12.9. The van der Waals surface area contributed by atoms with Gasteiger partial charge >= 0.3 is 5.97 Å². The zero-order valence-electron chi connectivity index (χ0n) is 17.6. The zero-order valence-corrected chi connectivity index (χ0v) is 19.1. The van der Waals surface area contributed by atoms with E-state index in [0.717, 1.165) is 19.3 Å². The highest BCUT2D eigenvalue weighted by Crippen LogP contribution is 2.31. The number of aliphatic carboxylic acids is 1. The van der Waals surface area contributed by atoms with Gasteiger partial charge in [-0.05, 0) is 58.3 Å². The highest BCUT2D eigenvalue weighted by Gasteiger charge is 2.35. The van der Waals surface area contributed by atoms with Crippen LogP contribution in [0.1, 0.15) is 65.2 Å². The molecule has 2 aliphatic carbocycles. The normalized spacial score (nSPS) is 31.7. The summed E-state index contributed by atoms with van der Waals surface area (Å²) in [6, 6.07) is -0.168. The van der Waals surface area contributed by atoms with Gasteiger partial charge in [0.1, 0.15) is 6.10 Å². The summed E-state index contributed by atoms with van der Waals surface area (Å²) in [5, 5.41) is 28.1. The van der Waals surface area contributed by atoms with Gasteiger partial charge in [0.15, 0.2) is 11.8 Å². The zero-order chi connectivity index (χ0) is 22.4. The van der Waals surface area contributed by atoms with Crippen molar-refractivity contribution in [3.63, 3.8) is 0 Å². The van der Waals surface area contributed by atoms with E-state index in [1.54, 1.807) is 0 Å². The number of nitrogens with one attached hydrogen (secondary N) is 3. The third-order valence-corrected chi connectivity index (χ3v) is 7.47. The molecule has 0 radical (unpaired) electrons. The van der Waals surface area contributed by atoms with Crippen LogP contribution in [0.15, 0.2) is 0 Å². The van der Waals surface area contributed by atoms with Crippen molar-refractivity contribution < 1.29 is 19.4 Å². The minimum atomic E-state index is -1.08. The average Bonchev–Trinajstić information content (AvgIpc) is 2.91. The van der Waals surface area contributed by atoms with Crippen molar-refractivity contribution in [2.24, 2.45) is 17.8 Å². The Morgan fingerprint density at radius 3 is 2.37 bits per heavy atom. The molecule has 0 saturated heterocycles. The quantitative estimate of drug-likeness (QED) is 0.196. The van der Waals surface area contributed by atoms with E-state index in [9.17, 15) is 14.7 Å². The molecule has 7 atom stereocenters. The van der Waals surface area contributed by atoms with E-state index in [2.05, 4.69) is 5.32 Å². The number of halogens is 2. The van der Waals surface area contributed by atoms with Gasteiger partial charge < -0.3 is 20.6 Å². The van der Waals surface area contributed by atoms with E-state index in [1.165, 1.54) is 6.92 Å². The van der Waals surface area contributed by atoms with Crippen LogP contribution in [0.5, 0.6) is 0 Å². The first-order valence-corrected chi connectivity index (χ1v) is 11.6. The molecule has 4 N–H and O–H groups in total. The lowest BCUT2D eigenvalue weighted by molar-refractivity contribution is -0.142. The molecule has 7 unspecified atom stereocenters. The number of hydrogen-bond acceptors (Lipinski definition) is 5. The number of amides is 1. The molecule has 0 aliphatic heterocycles. The lowest BCUT2D eigenvalue weighted by atomic mass is 9.91. The lowest BCUT2D eigenvalue weighted by Gasteiger charge is -2.31. The summed E-state index contributed by atoms with van der Waals surface area (Å²) < 4.78 is 5.72. The van der Waals surface area contributed by atoms with E-state index in [4.69, 9.17) is 38.8 Å². The lowest BCUT2D eigenvalue weighted by Crippen LogP contribution is -2.47. The number of hydrogen-bond donors (Lipinski definition) is 4. The summed E-state index contributed by atoms with van der Waals surface area (Å²) >= 11 is 12.3. The fourth-order valence-electron chi connectivity index (χ4n) is 4.41. The van der Waals surface area contributed by atoms with Crippen molar-refractivity contribution >= 4 is 46.7 Å². The minimum Gasteiger partial charge on any atom is -0.481 e. The molecule has 2 fully saturated rings. The van der Waals surface area contributed by atoms with Crippen LogP contribution in [0.3, 0.4) is 0 Å². The van der Waals surface area contributed by atoms with Crippen LogP contribution < -0.4 is 5.32 Å². The summed E-state index contributed by atoms with van der Waals surface area (Å²) in [6.07, 6.45) is 5.25. The Morgan fingerprint density at radius 2 is 1.77 bits per heavy atom. The number of rotatable bonds is 7. The molecule has 0 spiro atoms. The predicted octanol–water partition coefficient (Wildman–Crippen LogP) is 4.19. The van der Waals surface area contributed by atoms with Gasteiger partial charge in [0, 0.05) is 18.2 Å². The van der Waals surface area contributed by atoms with E-state index in [-0.39, 0.29) is 46.3 Å². The second-order valence-electron chi connectivity index (χ2n) is 8.67. The van der Waals surface area contributed by atoms with Crippen molar-refractivity contribution in [2.45, 2.75) is 88.1 Å². The summed E-state index contributed by atoms with van der Waals surface area (Å²) in [5.74, 6) is -2.62. The average molecular weight is 462 g/mol. The number of carboxylic acid groups (broad SMARTS) is 1. The second-order valence-corrected chi connectivity index (χ2v) is 9.79. The van der Waals surface area contributed by atoms with Gasteiger partial charge in [0.2, 0.25) is 5.91 Å². The van der Waals surface area contributed by atoms with Crippen LogP contribution in [0.2, 0.25) is 0 Å². The molecule has 7 nitrogen and oxygen atoms in total. The van der Waals surface area contributed by atoms with Crippen molar-refractivity contribution in [1.29, 1.82) is 10.8 Å². The van der Waals surface area contributed by atoms with E-state index in [0.29, 0.717) is 32.1 Å². The van der Waals surface area contributed by atoms with E-state index in [1.807, 2.05) is 6.92 Å². The van der Waals surface area contributed by atoms with Crippen molar-refractivity contribution in [3.8, 4) is 0 Å². The first kappa shape index (κ1) is 24.9. The molecule has 30 heavy (non-hydrogen) atoms. The van der Waals surface area contributed by atoms with E-state index < -0.39 is 17.8 Å².